The third kappa shape index (κ3) is 4.26. The number of hydrogen-bond acceptors (Lipinski definition) is 5. The standard InChI is InChI=1S/C18H28N4O2/c1-3-22-12-16(10-19-22)11-20-7-8-21(17(13-20)6-9-23)14-18-5-4-15(2)24-18/h4-5,10,12,17,23H,3,6-9,11,13-14H2,1-2H3/t17-/m0/s1. The largest absolute Gasteiger partial charge is 0.465 e. The van der Waals surface area contributed by atoms with E-state index in [2.05, 4.69) is 34.1 Å². The quantitative estimate of drug-likeness (QED) is 0.839. The van der Waals surface area contributed by atoms with Crippen LogP contribution >= 0.6 is 0 Å². The maximum absolute atomic E-state index is 9.44. The van der Waals surface area contributed by atoms with Crippen LogP contribution in [0, 0.1) is 6.92 Å². The number of aromatic nitrogens is 2. The van der Waals surface area contributed by atoms with Gasteiger partial charge in [0.05, 0.1) is 12.7 Å². The molecule has 1 atom stereocenters. The smallest absolute Gasteiger partial charge is 0.118 e. The minimum atomic E-state index is 0.222. The first-order valence-electron chi connectivity index (χ1n) is 8.82. The number of aliphatic hydroxyl groups is 1. The summed E-state index contributed by atoms with van der Waals surface area (Å²) in [6.07, 6.45) is 4.88. The predicted octanol–water partition coefficient (Wildman–Crippen LogP) is 1.87. The van der Waals surface area contributed by atoms with Gasteiger partial charge < -0.3 is 9.52 Å². The van der Waals surface area contributed by atoms with Gasteiger partial charge in [0.1, 0.15) is 11.5 Å². The summed E-state index contributed by atoms with van der Waals surface area (Å²) < 4.78 is 7.69. The van der Waals surface area contributed by atoms with E-state index in [1.807, 2.05) is 23.9 Å². The summed E-state index contributed by atoms with van der Waals surface area (Å²) in [4.78, 5) is 4.89. The molecule has 2 aromatic rings. The van der Waals surface area contributed by atoms with Gasteiger partial charge >= 0.3 is 0 Å². The predicted molar refractivity (Wildman–Crippen MR) is 92.5 cm³/mol. The van der Waals surface area contributed by atoms with Gasteiger partial charge in [-0.15, -0.1) is 0 Å². The van der Waals surface area contributed by atoms with Gasteiger partial charge in [0.15, 0.2) is 0 Å². The number of rotatable bonds is 7. The SMILES string of the molecule is CCn1cc(CN2CCN(Cc3ccc(C)o3)[C@@H](CCO)C2)cn1. The molecule has 3 heterocycles. The molecule has 1 N–H and O–H groups in total. The highest BCUT2D eigenvalue weighted by molar-refractivity contribution is 5.07. The molecule has 6 nitrogen and oxygen atoms in total. The van der Waals surface area contributed by atoms with E-state index in [1.165, 1.54) is 5.56 Å². The molecule has 132 valence electrons. The summed E-state index contributed by atoms with van der Waals surface area (Å²) in [7, 11) is 0. The molecule has 0 unspecified atom stereocenters. The second kappa shape index (κ2) is 7.96. The van der Waals surface area contributed by atoms with Crippen LogP contribution in [-0.2, 0) is 19.6 Å². The highest BCUT2D eigenvalue weighted by Gasteiger charge is 2.27. The third-order valence-electron chi connectivity index (χ3n) is 4.72. The molecule has 1 aliphatic rings. The Kier molecular flexibility index (Phi) is 5.71. The Morgan fingerprint density at radius 3 is 2.83 bits per heavy atom. The molecular formula is C18H28N4O2. The zero-order valence-corrected chi connectivity index (χ0v) is 14.7. The molecule has 0 amide bonds. The first-order chi connectivity index (χ1) is 11.7. The van der Waals surface area contributed by atoms with Crippen LogP contribution in [0.3, 0.4) is 0 Å². The highest BCUT2D eigenvalue weighted by Crippen LogP contribution is 2.19. The van der Waals surface area contributed by atoms with Crippen molar-refractivity contribution in [2.75, 3.05) is 26.2 Å². The molecule has 0 saturated carbocycles. The van der Waals surface area contributed by atoms with Gasteiger partial charge in [-0.2, -0.15) is 5.10 Å². The lowest BCUT2D eigenvalue weighted by Gasteiger charge is -2.41. The number of furan rings is 1. The maximum atomic E-state index is 9.44. The van der Waals surface area contributed by atoms with Crippen molar-refractivity contribution in [1.29, 1.82) is 0 Å². The number of hydrogen-bond donors (Lipinski definition) is 1. The van der Waals surface area contributed by atoms with E-state index in [9.17, 15) is 5.11 Å². The van der Waals surface area contributed by atoms with Crippen molar-refractivity contribution in [2.45, 2.75) is 45.9 Å². The Bertz CT molecular complexity index is 637. The molecule has 1 saturated heterocycles. The zero-order chi connectivity index (χ0) is 16.9. The van der Waals surface area contributed by atoms with Crippen LogP contribution < -0.4 is 0 Å². The molecule has 1 fully saturated rings. The second-order valence-corrected chi connectivity index (χ2v) is 6.59. The van der Waals surface area contributed by atoms with Crippen molar-refractivity contribution in [1.82, 2.24) is 19.6 Å². The fraction of sp³-hybridized carbons (Fsp3) is 0.611. The summed E-state index contributed by atoms with van der Waals surface area (Å²) in [5, 5.41) is 13.8. The first kappa shape index (κ1) is 17.2. The summed E-state index contributed by atoms with van der Waals surface area (Å²) in [5.41, 5.74) is 1.26. The summed E-state index contributed by atoms with van der Waals surface area (Å²) in [5.74, 6) is 1.96. The second-order valence-electron chi connectivity index (χ2n) is 6.59. The molecule has 0 bridgehead atoms. The van der Waals surface area contributed by atoms with Crippen molar-refractivity contribution in [3.63, 3.8) is 0 Å². The molecule has 0 aliphatic carbocycles. The lowest BCUT2D eigenvalue weighted by Crippen LogP contribution is -2.52. The molecular weight excluding hydrogens is 304 g/mol. The Balaban J connectivity index is 1.59. The van der Waals surface area contributed by atoms with Crippen molar-refractivity contribution >= 4 is 0 Å². The van der Waals surface area contributed by atoms with Crippen molar-refractivity contribution in [3.05, 3.63) is 41.6 Å². The monoisotopic (exact) mass is 332 g/mol. The van der Waals surface area contributed by atoms with Crippen LogP contribution in [0.1, 0.15) is 30.4 Å². The van der Waals surface area contributed by atoms with E-state index in [1.54, 1.807) is 0 Å². The molecule has 0 radical (unpaired) electrons. The van der Waals surface area contributed by atoms with Crippen molar-refractivity contribution in [2.24, 2.45) is 0 Å². The Hall–Kier alpha value is -1.63. The first-order valence-corrected chi connectivity index (χ1v) is 8.82. The molecule has 24 heavy (non-hydrogen) atoms. The topological polar surface area (TPSA) is 57.7 Å². The Labute approximate surface area is 143 Å². The third-order valence-corrected chi connectivity index (χ3v) is 4.72. The van der Waals surface area contributed by atoms with Gasteiger partial charge in [0.25, 0.3) is 0 Å². The molecule has 1 aliphatic heterocycles. The van der Waals surface area contributed by atoms with Gasteiger partial charge in [0, 0.05) is 57.1 Å². The van der Waals surface area contributed by atoms with Crippen LogP contribution in [0.5, 0.6) is 0 Å². The molecule has 0 spiro atoms. The Morgan fingerprint density at radius 2 is 2.17 bits per heavy atom. The lowest BCUT2D eigenvalue weighted by atomic mass is 10.1. The van der Waals surface area contributed by atoms with Gasteiger partial charge in [0.2, 0.25) is 0 Å². The van der Waals surface area contributed by atoms with Crippen LogP contribution in [-0.4, -0.2) is 57.0 Å². The molecule has 0 aromatic carbocycles. The van der Waals surface area contributed by atoms with E-state index >= 15 is 0 Å². The maximum Gasteiger partial charge on any atom is 0.118 e. The van der Waals surface area contributed by atoms with Crippen molar-refractivity contribution in [3.8, 4) is 0 Å². The number of aliphatic hydroxyl groups excluding tert-OH is 1. The average Bonchev–Trinajstić information content (AvgIpc) is 3.19. The van der Waals surface area contributed by atoms with Crippen LogP contribution in [0.2, 0.25) is 0 Å². The van der Waals surface area contributed by atoms with Gasteiger partial charge in [-0.25, -0.2) is 0 Å². The van der Waals surface area contributed by atoms with Gasteiger partial charge in [-0.05, 0) is 32.4 Å². The lowest BCUT2D eigenvalue weighted by molar-refractivity contribution is 0.0454. The number of aryl methyl sites for hydroxylation is 2. The number of piperazine rings is 1. The summed E-state index contributed by atoms with van der Waals surface area (Å²) in [6.45, 7) is 9.94. The Morgan fingerprint density at radius 1 is 1.29 bits per heavy atom. The normalized spacial score (nSPS) is 19.9. The average molecular weight is 332 g/mol. The van der Waals surface area contributed by atoms with Crippen LogP contribution in [0.4, 0.5) is 0 Å². The minimum Gasteiger partial charge on any atom is -0.465 e. The number of nitrogens with zero attached hydrogens (tertiary/aromatic N) is 4. The summed E-state index contributed by atoms with van der Waals surface area (Å²) in [6, 6.07) is 4.42. The van der Waals surface area contributed by atoms with Crippen LogP contribution in [0.25, 0.3) is 0 Å². The fourth-order valence-corrected chi connectivity index (χ4v) is 3.42. The van der Waals surface area contributed by atoms with Gasteiger partial charge in [-0.1, -0.05) is 0 Å². The minimum absolute atomic E-state index is 0.222. The highest BCUT2D eigenvalue weighted by atomic mass is 16.3. The van der Waals surface area contributed by atoms with E-state index in [0.29, 0.717) is 6.04 Å². The van der Waals surface area contributed by atoms with Crippen LogP contribution in [0.15, 0.2) is 28.9 Å². The van der Waals surface area contributed by atoms with Gasteiger partial charge in [-0.3, -0.25) is 14.5 Å². The van der Waals surface area contributed by atoms with E-state index in [-0.39, 0.29) is 6.61 Å². The molecule has 3 rings (SSSR count). The summed E-state index contributed by atoms with van der Waals surface area (Å²) >= 11 is 0. The zero-order valence-electron chi connectivity index (χ0n) is 14.7. The molecule has 6 heteroatoms. The van der Waals surface area contributed by atoms with E-state index < -0.39 is 0 Å². The molecule has 2 aromatic heterocycles. The van der Waals surface area contributed by atoms with Crippen molar-refractivity contribution < 1.29 is 9.52 Å². The fourth-order valence-electron chi connectivity index (χ4n) is 3.42. The van der Waals surface area contributed by atoms with E-state index in [0.717, 1.165) is 57.2 Å². The van der Waals surface area contributed by atoms with E-state index in [4.69, 9.17) is 4.42 Å².